The zero-order chi connectivity index (χ0) is 12.4. The van der Waals surface area contributed by atoms with Crippen LogP contribution in [0.3, 0.4) is 0 Å². The Morgan fingerprint density at radius 2 is 2.12 bits per heavy atom. The molecule has 1 heterocycles. The van der Waals surface area contributed by atoms with E-state index in [1.54, 1.807) is 0 Å². The quantitative estimate of drug-likeness (QED) is 0.428. The first-order valence-electron chi connectivity index (χ1n) is 5.36. The fourth-order valence-electron chi connectivity index (χ4n) is 1.18. The molecule has 5 heteroatoms. The van der Waals surface area contributed by atoms with Crippen LogP contribution in [0.25, 0.3) is 0 Å². The summed E-state index contributed by atoms with van der Waals surface area (Å²) in [5.41, 5.74) is 0. The molecule has 0 aliphatic carbocycles. The number of methoxy groups -OCH3 is 1. The summed E-state index contributed by atoms with van der Waals surface area (Å²) in [7, 11) is 3.09. The Morgan fingerprint density at radius 3 is 2.50 bits per heavy atom. The molecule has 0 radical (unpaired) electrons. The van der Waals surface area contributed by atoms with Crippen LogP contribution in [0, 0.1) is 0 Å². The summed E-state index contributed by atoms with van der Waals surface area (Å²) in [4.78, 5) is 9.03. The molecule has 0 N–H and O–H groups in total. The van der Waals surface area contributed by atoms with Gasteiger partial charge in [0.15, 0.2) is 0 Å². The Labute approximate surface area is 96.3 Å². The standard InChI is InChI=1S/C9H17N2.C2H4O3/c1-3-4-5-6-11-8-7-10(2)9-11;1-5-2(3)4/h7-9H,3-6H2,1-2H3;1H3,(H,3,4)/q+1;/p-1. The highest BCUT2D eigenvalue weighted by atomic mass is 16.6. The number of carboxylic acid groups (broad SMARTS) is 1. The number of aryl methyl sites for hydroxylation is 2. The van der Waals surface area contributed by atoms with E-state index < -0.39 is 6.16 Å². The van der Waals surface area contributed by atoms with E-state index in [0.29, 0.717) is 0 Å². The smallest absolute Gasteiger partial charge is 0.251 e. The summed E-state index contributed by atoms with van der Waals surface area (Å²) in [6.45, 7) is 3.39. The molecule has 0 amide bonds. The Bertz CT molecular complexity index is 297. The molecular weight excluding hydrogens is 208 g/mol. The Morgan fingerprint density at radius 1 is 1.50 bits per heavy atom. The molecule has 0 saturated heterocycles. The number of hydrogen-bond donors (Lipinski definition) is 0. The average molecular weight is 228 g/mol. The van der Waals surface area contributed by atoms with E-state index in [2.05, 4.69) is 46.6 Å². The number of carbonyl (C=O) groups excluding carboxylic acids is 1. The van der Waals surface area contributed by atoms with Gasteiger partial charge in [0.25, 0.3) is 6.16 Å². The van der Waals surface area contributed by atoms with E-state index in [4.69, 9.17) is 9.90 Å². The van der Waals surface area contributed by atoms with Crippen LogP contribution >= 0.6 is 0 Å². The second-order valence-corrected chi connectivity index (χ2v) is 3.48. The third kappa shape index (κ3) is 7.84. The second-order valence-electron chi connectivity index (χ2n) is 3.48. The summed E-state index contributed by atoms with van der Waals surface area (Å²) in [5, 5.41) is 9.03. The SMILES string of the molecule is CCCCCn1cc[n+](C)c1.COC(=O)[O-]. The van der Waals surface area contributed by atoms with Crippen LogP contribution in [0.1, 0.15) is 26.2 Å². The van der Waals surface area contributed by atoms with Crippen molar-refractivity contribution in [3.05, 3.63) is 18.7 Å². The van der Waals surface area contributed by atoms with Crippen molar-refractivity contribution >= 4 is 6.16 Å². The number of imidazole rings is 1. The summed E-state index contributed by atoms with van der Waals surface area (Å²) in [6.07, 6.45) is 8.75. The lowest BCUT2D eigenvalue weighted by Crippen LogP contribution is -2.23. The van der Waals surface area contributed by atoms with Crippen LogP contribution in [-0.2, 0) is 18.3 Å². The summed E-state index contributed by atoms with van der Waals surface area (Å²) in [5.74, 6) is 0. The normalized spacial score (nSPS) is 9.19. The summed E-state index contributed by atoms with van der Waals surface area (Å²) in [6, 6.07) is 0. The van der Waals surface area contributed by atoms with Gasteiger partial charge in [-0.3, -0.25) is 0 Å². The molecule has 5 nitrogen and oxygen atoms in total. The van der Waals surface area contributed by atoms with Gasteiger partial charge in [0.05, 0.1) is 13.6 Å². The van der Waals surface area contributed by atoms with Crippen molar-refractivity contribution in [3.8, 4) is 0 Å². The largest absolute Gasteiger partial charge is 0.553 e. The molecule has 0 unspecified atom stereocenters. The molecule has 0 aliphatic rings. The Hall–Kier alpha value is -1.52. The van der Waals surface area contributed by atoms with E-state index in [0.717, 1.165) is 13.7 Å². The molecule has 92 valence electrons. The maximum atomic E-state index is 9.03. The van der Waals surface area contributed by atoms with Crippen LogP contribution in [0.4, 0.5) is 4.79 Å². The number of carbonyl (C=O) groups is 1. The monoisotopic (exact) mass is 228 g/mol. The van der Waals surface area contributed by atoms with Gasteiger partial charge in [0.2, 0.25) is 6.33 Å². The topological polar surface area (TPSA) is 58.2 Å². The number of ether oxygens (including phenoxy) is 1. The lowest BCUT2D eigenvalue weighted by molar-refractivity contribution is -0.671. The van der Waals surface area contributed by atoms with Gasteiger partial charge >= 0.3 is 0 Å². The summed E-state index contributed by atoms with van der Waals surface area (Å²) >= 11 is 0. The zero-order valence-electron chi connectivity index (χ0n) is 10.2. The van der Waals surface area contributed by atoms with Crippen molar-refractivity contribution < 1.29 is 19.2 Å². The highest BCUT2D eigenvalue weighted by Gasteiger charge is 1.97. The van der Waals surface area contributed by atoms with Crippen molar-refractivity contribution in [2.45, 2.75) is 32.7 Å². The fourth-order valence-corrected chi connectivity index (χ4v) is 1.18. The van der Waals surface area contributed by atoms with Gasteiger partial charge in [-0.25, -0.2) is 9.13 Å². The van der Waals surface area contributed by atoms with E-state index in [-0.39, 0.29) is 0 Å². The van der Waals surface area contributed by atoms with Gasteiger partial charge in [-0.05, 0) is 12.8 Å². The first kappa shape index (κ1) is 14.5. The van der Waals surface area contributed by atoms with Crippen molar-refractivity contribution in [1.29, 1.82) is 0 Å². The van der Waals surface area contributed by atoms with Crippen LogP contribution in [0.15, 0.2) is 18.7 Å². The van der Waals surface area contributed by atoms with Crippen LogP contribution in [-0.4, -0.2) is 17.8 Å². The third-order valence-corrected chi connectivity index (χ3v) is 2.01. The van der Waals surface area contributed by atoms with Gasteiger partial charge in [-0.2, -0.15) is 0 Å². The van der Waals surface area contributed by atoms with Crippen molar-refractivity contribution in [1.82, 2.24) is 4.57 Å². The number of unbranched alkanes of at least 4 members (excludes halogenated alkanes) is 2. The van der Waals surface area contributed by atoms with Gasteiger partial charge in [-0.1, -0.05) is 13.3 Å². The van der Waals surface area contributed by atoms with Crippen molar-refractivity contribution in [3.63, 3.8) is 0 Å². The first-order valence-corrected chi connectivity index (χ1v) is 5.36. The van der Waals surface area contributed by atoms with Gasteiger partial charge < -0.3 is 14.6 Å². The molecule has 0 aliphatic heterocycles. The Kier molecular flexibility index (Phi) is 7.93. The molecule has 1 aromatic rings. The summed E-state index contributed by atoms with van der Waals surface area (Å²) < 4.78 is 7.86. The van der Waals surface area contributed by atoms with E-state index >= 15 is 0 Å². The van der Waals surface area contributed by atoms with E-state index in [1.807, 2.05) is 0 Å². The number of nitrogens with zero attached hydrogens (tertiary/aromatic N) is 2. The minimum absolute atomic E-state index is 1.04. The second kappa shape index (κ2) is 8.76. The van der Waals surface area contributed by atoms with Gasteiger partial charge in [-0.15, -0.1) is 0 Å². The fraction of sp³-hybridized carbons (Fsp3) is 0.636. The maximum absolute atomic E-state index is 9.03. The molecule has 0 atom stereocenters. The van der Waals surface area contributed by atoms with Crippen LogP contribution in [0.2, 0.25) is 0 Å². The highest BCUT2D eigenvalue weighted by Crippen LogP contribution is 1.96. The number of rotatable bonds is 4. The van der Waals surface area contributed by atoms with Gasteiger partial charge in [0, 0.05) is 7.11 Å². The maximum Gasteiger partial charge on any atom is 0.251 e. The number of hydrogen-bond acceptors (Lipinski definition) is 3. The molecule has 0 spiro atoms. The van der Waals surface area contributed by atoms with Crippen LogP contribution < -0.4 is 9.67 Å². The number of aromatic nitrogens is 2. The molecule has 0 saturated carbocycles. The highest BCUT2D eigenvalue weighted by molar-refractivity contribution is 5.53. The lowest BCUT2D eigenvalue weighted by Gasteiger charge is -1.93. The van der Waals surface area contributed by atoms with Crippen molar-refractivity contribution in [2.24, 2.45) is 7.05 Å². The molecule has 16 heavy (non-hydrogen) atoms. The molecular formula is C11H20N2O3. The first-order chi connectivity index (χ1) is 7.60. The van der Waals surface area contributed by atoms with Crippen LogP contribution in [0.5, 0.6) is 0 Å². The molecule has 0 bridgehead atoms. The molecule has 0 fully saturated rings. The van der Waals surface area contributed by atoms with Crippen molar-refractivity contribution in [2.75, 3.05) is 7.11 Å². The minimum Gasteiger partial charge on any atom is -0.553 e. The molecule has 1 aromatic heterocycles. The minimum atomic E-state index is -1.50. The predicted octanol–water partition coefficient (Wildman–Crippen LogP) is 0.479. The predicted molar refractivity (Wildman–Crippen MR) is 57.5 cm³/mol. The third-order valence-electron chi connectivity index (χ3n) is 2.01. The molecule has 1 rings (SSSR count). The lowest BCUT2D eigenvalue weighted by atomic mass is 10.2. The average Bonchev–Trinajstić information content (AvgIpc) is 2.66. The zero-order valence-corrected chi connectivity index (χ0v) is 10.2. The van der Waals surface area contributed by atoms with Gasteiger partial charge in [0.1, 0.15) is 12.4 Å². The van der Waals surface area contributed by atoms with E-state index in [9.17, 15) is 0 Å². The van der Waals surface area contributed by atoms with E-state index in [1.165, 1.54) is 19.3 Å². The molecule has 0 aromatic carbocycles. The Balaban J connectivity index is 0.000000385.